The van der Waals surface area contributed by atoms with Gasteiger partial charge in [-0.3, -0.25) is 14.5 Å². The predicted octanol–water partition coefficient (Wildman–Crippen LogP) is 3.08. The second-order valence-electron chi connectivity index (χ2n) is 4.51. The van der Waals surface area contributed by atoms with E-state index in [1.807, 2.05) is 35.7 Å². The van der Waals surface area contributed by atoms with E-state index in [0.29, 0.717) is 11.5 Å². The number of imide groups is 1. The largest absolute Gasteiger partial charge is 0.383 e. The average Bonchev–Trinajstić information content (AvgIpc) is 3.08. The van der Waals surface area contributed by atoms with Crippen molar-refractivity contribution in [3.05, 3.63) is 64.4 Å². The maximum Gasteiger partial charge on any atom is 0.270 e. The van der Waals surface area contributed by atoms with Crippen LogP contribution in [-0.4, -0.2) is 37.0 Å². The Morgan fingerprint density at radius 1 is 1.18 bits per heavy atom. The summed E-state index contributed by atoms with van der Waals surface area (Å²) in [6, 6.07) is 13.0. The van der Waals surface area contributed by atoms with E-state index < -0.39 is 0 Å². The van der Waals surface area contributed by atoms with Crippen molar-refractivity contribution in [2.75, 3.05) is 20.3 Å². The van der Waals surface area contributed by atoms with Crippen LogP contribution in [0.2, 0.25) is 0 Å². The molecular formula is C17H17NO3S. The zero-order valence-electron chi connectivity index (χ0n) is 12.3. The van der Waals surface area contributed by atoms with Gasteiger partial charge in [-0.15, -0.1) is 11.3 Å². The summed E-state index contributed by atoms with van der Waals surface area (Å²) < 4.78 is 4.99. The molecule has 114 valence electrons. The van der Waals surface area contributed by atoms with Gasteiger partial charge in [0.2, 0.25) is 0 Å². The molecule has 22 heavy (non-hydrogen) atoms. The summed E-state index contributed by atoms with van der Waals surface area (Å²) in [7, 11) is 1.54. The summed E-state index contributed by atoms with van der Waals surface area (Å²) >= 11 is 1.32. The number of benzene rings is 1. The van der Waals surface area contributed by atoms with E-state index >= 15 is 0 Å². The van der Waals surface area contributed by atoms with Crippen molar-refractivity contribution in [1.82, 2.24) is 4.90 Å². The lowest BCUT2D eigenvalue weighted by molar-refractivity contribution is -0.124. The summed E-state index contributed by atoms with van der Waals surface area (Å²) in [4.78, 5) is 26.5. The Hall–Kier alpha value is -2.24. The minimum absolute atomic E-state index is 0.227. The third kappa shape index (κ3) is 4.38. The van der Waals surface area contributed by atoms with E-state index in [0.717, 1.165) is 5.56 Å². The molecule has 2 amide bonds. The van der Waals surface area contributed by atoms with Crippen LogP contribution in [-0.2, 0) is 9.53 Å². The standard InChI is InChI=1S/C17H17NO3S/c1-21-12-11-18(17(20)15-8-5-13-22-15)16(19)10-9-14-6-3-2-4-7-14/h2-10,13H,11-12H2,1H3/b10-9+. The van der Waals surface area contributed by atoms with E-state index in [2.05, 4.69) is 0 Å². The zero-order chi connectivity index (χ0) is 15.8. The molecule has 2 aromatic rings. The number of nitrogens with zero attached hydrogens (tertiary/aromatic N) is 1. The molecular weight excluding hydrogens is 298 g/mol. The summed E-state index contributed by atoms with van der Waals surface area (Å²) in [6.07, 6.45) is 3.11. The molecule has 0 saturated carbocycles. The van der Waals surface area contributed by atoms with Crippen LogP contribution in [0.1, 0.15) is 15.2 Å². The number of hydrogen-bond acceptors (Lipinski definition) is 4. The van der Waals surface area contributed by atoms with Gasteiger partial charge in [-0.25, -0.2) is 0 Å². The second-order valence-corrected chi connectivity index (χ2v) is 5.46. The van der Waals surface area contributed by atoms with E-state index in [4.69, 9.17) is 4.74 Å². The van der Waals surface area contributed by atoms with Crippen LogP contribution < -0.4 is 0 Å². The molecule has 0 aliphatic rings. The third-order valence-corrected chi connectivity index (χ3v) is 3.84. The summed E-state index contributed by atoms with van der Waals surface area (Å²) in [5.41, 5.74) is 0.908. The molecule has 4 nitrogen and oxygen atoms in total. The first kappa shape index (κ1) is 16.1. The average molecular weight is 315 g/mol. The highest BCUT2D eigenvalue weighted by atomic mass is 32.1. The van der Waals surface area contributed by atoms with Gasteiger partial charge in [-0.1, -0.05) is 36.4 Å². The van der Waals surface area contributed by atoms with E-state index in [1.165, 1.54) is 29.4 Å². The van der Waals surface area contributed by atoms with Crippen LogP contribution >= 0.6 is 11.3 Å². The topological polar surface area (TPSA) is 46.6 Å². The molecule has 0 atom stereocenters. The monoisotopic (exact) mass is 315 g/mol. The molecule has 0 bridgehead atoms. The van der Waals surface area contributed by atoms with Crippen molar-refractivity contribution in [1.29, 1.82) is 0 Å². The lowest BCUT2D eigenvalue weighted by Crippen LogP contribution is -2.37. The van der Waals surface area contributed by atoms with Crippen LogP contribution in [0.25, 0.3) is 6.08 Å². The lowest BCUT2D eigenvalue weighted by atomic mass is 10.2. The fraction of sp³-hybridized carbons (Fsp3) is 0.176. The van der Waals surface area contributed by atoms with Crippen molar-refractivity contribution in [3.63, 3.8) is 0 Å². The number of thiophene rings is 1. The molecule has 0 radical (unpaired) electrons. The van der Waals surface area contributed by atoms with Crippen molar-refractivity contribution < 1.29 is 14.3 Å². The van der Waals surface area contributed by atoms with E-state index in [1.54, 1.807) is 18.2 Å². The fourth-order valence-electron chi connectivity index (χ4n) is 1.85. The van der Waals surface area contributed by atoms with Crippen LogP contribution in [0.15, 0.2) is 53.9 Å². The SMILES string of the molecule is COCCN(C(=O)/C=C/c1ccccc1)C(=O)c1cccs1. The third-order valence-electron chi connectivity index (χ3n) is 2.98. The van der Waals surface area contributed by atoms with Crippen LogP contribution in [0.5, 0.6) is 0 Å². The Morgan fingerprint density at radius 3 is 2.59 bits per heavy atom. The Balaban J connectivity index is 2.12. The first-order chi connectivity index (χ1) is 10.7. The van der Waals surface area contributed by atoms with Crippen molar-refractivity contribution in [2.45, 2.75) is 0 Å². The van der Waals surface area contributed by atoms with E-state index in [9.17, 15) is 9.59 Å². The Bertz CT molecular complexity index is 635. The number of carbonyl (C=O) groups is 2. The van der Waals surface area contributed by atoms with Crippen LogP contribution in [0.3, 0.4) is 0 Å². The van der Waals surface area contributed by atoms with Gasteiger partial charge in [0.1, 0.15) is 0 Å². The maximum atomic E-state index is 12.4. The fourth-order valence-corrected chi connectivity index (χ4v) is 2.52. The van der Waals surface area contributed by atoms with Crippen LogP contribution in [0, 0.1) is 0 Å². The highest BCUT2D eigenvalue weighted by molar-refractivity contribution is 7.12. The van der Waals surface area contributed by atoms with Gasteiger partial charge in [0.15, 0.2) is 0 Å². The number of amides is 2. The van der Waals surface area contributed by atoms with Crippen molar-refractivity contribution in [3.8, 4) is 0 Å². The molecule has 0 aliphatic carbocycles. The highest BCUT2D eigenvalue weighted by Crippen LogP contribution is 2.13. The van der Waals surface area contributed by atoms with Gasteiger partial charge in [0.05, 0.1) is 18.0 Å². The van der Waals surface area contributed by atoms with Gasteiger partial charge >= 0.3 is 0 Å². The normalized spacial score (nSPS) is 10.8. The molecule has 2 rings (SSSR count). The smallest absolute Gasteiger partial charge is 0.270 e. The van der Waals surface area contributed by atoms with Gasteiger partial charge < -0.3 is 4.74 Å². The zero-order valence-corrected chi connectivity index (χ0v) is 13.1. The molecule has 0 unspecified atom stereocenters. The first-order valence-corrected chi connectivity index (χ1v) is 7.71. The number of methoxy groups -OCH3 is 1. The van der Waals surface area contributed by atoms with Gasteiger partial charge in [0, 0.05) is 13.2 Å². The Labute approximate surface area is 133 Å². The molecule has 0 N–H and O–H groups in total. The van der Waals surface area contributed by atoms with Gasteiger partial charge in [-0.2, -0.15) is 0 Å². The highest BCUT2D eigenvalue weighted by Gasteiger charge is 2.21. The number of hydrogen-bond donors (Lipinski definition) is 0. The first-order valence-electron chi connectivity index (χ1n) is 6.84. The Morgan fingerprint density at radius 2 is 1.95 bits per heavy atom. The molecule has 0 spiro atoms. The summed E-state index contributed by atoms with van der Waals surface area (Å²) in [5, 5.41) is 1.81. The van der Waals surface area contributed by atoms with Gasteiger partial charge in [0.25, 0.3) is 11.8 Å². The van der Waals surface area contributed by atoms with Crippen LogP contribution in [0.4, 0.5) is 0 Å². The Kier molecular flexibility index (Phi) is 6.06. The van der Waals surface area contributed by atoms with Crippen molar-refractivity contribution in [2.24, 2.45) is 0 Å². The van der Waals surface area contributed by atoms with Crippen molar-refractivity contribution >= 4 is 29.2 Å². The van der Waals surface area contributed by atoms with E-state index in [-0.39, 0.29) is 18.4 Å². The molecule has 1 aromatic heterocycles. The summed E-state index contributed by atoms with van der Waals surface area (Å²) in [5.74, 6) is -0.644. The maximum absolute atomic E-state index is 12.4. The molecule has 0 aliphatic heterocycles. The molecule has 5 heteroatoms. The molecule has 1 heterocycles. The molecule has 1 aromatic carbocycles. The second kappa shape index (κ2) is 8.26. The van der Waals surface area contributed by atoms with Gasteiger partial charge in [-0.05, 0) is 23.1 Å². The quantitative estimate of drug-likeness (QED) is 0.770. The number of rotatable bonds is 6. The molecule has 0 fully saturated rings. The molecule has 0 saturated heterocycles. The minimum atomic E-state index is -0.348. The number of ether oxygens (including phenoxy) is 1. The number of carbonyl (C=O) groups excluding carboxylic acids is 2. The lowest BCUT2D eigenvalue weighted by Gasteiger charge is -2.18. The minimum Gasteiger partial charge on any atom is -0.383 e. The predicted molar refractivity (Wildman–Crippen MR) is 87.7 cm³/mol. The summed E-state index contributed by atoms with van der Waals surface area (Å²) in [6.45, 7) is 0.535.